The Balaban J connectivity index is 2.20. The van der Waals surface area contributed by atoms with Crippen molar-refractivity contribution >= 4 is 44.7 Å². The smallest absolute Gasteiger partial charge is 0.249 e. The van der Waals surface area contributed by atoms with E-state index in [1.165, 1.54) is 16.5 Å². The number of benzene rings is 1. The van der Waals surface area contributed by atoms with Gasteiger partial charge in [0, 0.05) is 22.4 Å². The molecule has 1 aromatic carbocycles. The zero-order valence-corrected chi connectivity index (χ0v) is 13.4. The number of aromatic amines is 2. The lowest BCUT2D eigenvalue weighted by atomic mass is 10.0. The first-order chi connectivity index (χ1) is 10.7. The number of hydrogen-bond acceptors (Lipinski definition) is 2. The highest BCUT2D eigenvalue weighted by molar-refractivity contribution is 7.13. The van der Waals surface area contributed by atoms with Gasteiger partial charge in [0.2, 0.25) is 5.56 Å². The molecular formula is C17H13ClN2OS. The maximum Gasteiger partial charge on any atom is 0.249 e. The van der Waals surface area contributed by atoms with E-state index in [1.54, 1.807) is 11.3 Å². The van der Waals surface area contributed by atoms with Gasteiger partial charge in [0.15, 0.2) is 0 Å². The standard InChI is InChI=1S/C17H13ClN2OS/c1-2-9-15-11(20-17(9)13-4-3-7-22-13)5-6-12-16(15)10(18)8-14(21)19-12/h3-8,20H,2H2,1H3,(H,19,21). The first-order valence-corrected chi connectivity index (χ1v) is 8.34. The molecule has 2 N–H and O–H groups in total. The summed E-state index contributed by atoms with van der Waals surface area (Å²) in [5.41, 5.74) is 4.02. The Kier molecular flexibility index (Phi) is 3.10. The van der Waals surface area contributed by atoms with Gasteiger partial charge in [-0.2, -0.15) is 0 Å². The largest absolute Gasteiger partial charge is 0.354 e. The Morgan fingerprint density at radius 3 is 2.59 bits per heavy atom. The van der Waals surface area contributed by atoms with E-state index in [2.05, 4.69) is 28.3 Å². The van der Waals surface area contributed by atoms with Gasteiger partial charge in [-0.05, 0) is 35.6 Å². The summed E-state index contributed by atoms with van der Waals surface area (Å²) in [6.45, 7) is 2.14. The van der Waals surface area contributed by atoms with Crippen LogP contribution in [-0.2, 0) is 6.42 Å². The van der Waals surface area contributed by atoms with E-state index in [0.717, 1.165) is 33.9 Å². The second-order valence-electron chi connectivity index (χ2n) is 5.20. The highest BCUT2D eigenvalue weighted by Crippen LogP contribution is 2.38. The molecule has 0 saturated carbocycles. The average Bonchev–Trinajstić information content (AvgIpc) is 3.13. The Labute approximate surface area is 135 Å². The molecule has 3 heterocycles. The summed E-state index contributed by atoms with van der Waals surface area (Å²) in [7, 11) is 0. The van der Waals surface area contributed by atoms with Crippen molar-refractivity contribution in [3.63, 3.8) is 0 Å². The fourth-order valence-corrected chi connectivity index (χ4v) is 4.10. The van der Waals surface area contributed by atoms with E-state index in [1.807, 2.05) is 18.2 Å². The predicted molar refractivity (Wildman–Crippen MR) is 94.1 cm³/mol. The van der Waals surface area contributed by atoms with Crippen LogP contribution >= 0.6 is 22.9 Å². The summed E-state index contributed by atoms with van der Waals surface area (Å²) in [5.74, 6) is 0. The first-order valence-electron chi connectivity index (χ1n) is 7.09. The molecule has 3 aromatic heterocycles. The third-order valence-corrected chi connectivity index (χ3v) is 5.13. The van der Waals surface area contributed by atoms with E-state index < -0.39 is 0 Å². The van der Waals surface area contributed by atoms with Gasteiger partial charge in [-0.1, -0.05) is 24.6 Å². The zero-order chi connectivity index (χ0) is 15.3. The van der Waals surface area contributed by atoms with Crippen LogP contribution in [0.3, 0.4) is 0 Å². The molecule has 5 heteroatoms. The van der Waals surface area contributed by atoms with Crippen LogP contribution in [0.1, 0.15) is 12.5 Å². The van der Waals surface area contributed by atoms with Crippen LogP contribution < -0.4 is 5.56 Å². The van der Waals surface area contributed by atoms with Crippen molar-refractivity contribution < 1.29 is 0 Å². The number of pyridine rings is 1. The van der Waals surface area contributed by atoms with Gasteiger partial charge < -0.3 is 9.97 Å². The van der Waals surface area contributed by atoms with E-state index in [9.17, 15) is 4.79 Å². The van der Waals surface area contributed by atoms with Crippen LogP contribution in [0.2, 0.25) is 5.02 Å². The molecule has 0 saturated heterocycles. The molecule has 3 nitrogen and oxygen atoms in total. The molecule has 0 aliphatic heterocycles. The summed E-state index contributed by atoms with van der Waals surface area (Å²) < 4.78 is 0. The quantitative estimate of drug-likeness (QED) is 0.537. The lowest BCUT2D eigenvalue weighted by Crippen LogP contribution is -2.03. The highest BCUT2D eigenvalue weighted by Gasteiger charge is 2.16. The first kappa shape index (κ1) is 13.6. The Hall–Kier alpha value is -2.04. The van der Waals surface area contributed by atoms with Gasteiger partial charge in [-0.15, -0.1) is 11.3 Å². The van der Waals surface area contributed by atoms with Gasteiger partial charge in [0.1, 0.15) is 0 Å². The molecule has 0 unspecified atom stereocenters. The fraction of sp³-hybridized carbons (Fsp3) is 0.118. The molecule has 0 radical (unpaired) electrons. The maximum atomic E-state index is 11.6. The monoisotopic (exact) mass is 328 g/mol. The molecule has 0 aliphatic rings. The summed E-state index contributed by atoms with van der Waals surface area (Å²) in [6.07, 6.45) is 0.891. The molecule has 0 bridgehead atoms. The van der Waals surface area contributed by atoms with Crippen molar-refractivity contribution in [2.75, 3.05) is 0 Å². The number of halogens is 1. The number of aryl methyl sites for hydroxylation is 1. The Bertz CT molecular complexity index is 1040. The molecule has 110 valence electrons. The summed E-state index contributed by atoms with van der Waals surface area (Å²) >= 11 is 8.08. The predicted octanol–water partition coefficient (Wildman–Crippen LogP) is 4.95. The van der Waals surface area contributed by atoms with Gasteiger partial charge in [-0.3, -0.25) is 4.79 Å². The fourth-order valence-electron chi connectivity index (χ4n) is 3.05. The molecule has 4 aromatic rings. The van der Waals surface area contributed by atoms with E-state index in [-0.39, 0.29) is 5.56 Å². The van der Waals surface area contributed by atoms with Crippen molar-refractivity contribution in [3.8, 4) is 10.6 Å². The number of hydrogen-bond donors (Lipinski definition) is 2. The number of H-pyrrole nitrogens is 2. The second-order valence-corrected chi connectivity index (χ2v) is 6.56. The number of thiophene rings is 1. The van der Waals surface area contributed by atoms with E-state index >= 15 is 0 Å². The number of rotatable bonds is 2. The van der Waals surface area contributed by atoms with Gasteiger partial charge in [-0.25, -0.2) is 0 Å². The molecule has 0 aliphatic carbocycles. The topological polar surface area (TPSA) is 48.6 Å². The van der Waals surface area contributed by atoms with E-state index in [0.29, 0.717) is 5.02 Å². The van der Waals surface area contributed by atoms with E-state index in [4.69, 9.17) is 11.6 Å². The number of aromatic nitrogens is 2. The average molecular weight is 329 g/mol. The van der Waals surface area contributed by atoms with Crippen LogP contribution in [-0.4, -0.2) is 9.97 Å². The van der Waals surface area contributed by atoms with Crippen molar-refractivity contribution in [1.82, 2.24) is 9.97 Å². The van der Waals surface area contributed by atoms with Crippen LogP contribution in [0.4, 0.5) is 0 Å². The minimum absolute atomic E-state index is 0.177. The third-order valence-electron chi connectivity index (χ3n) is 3.94. The molecule has 22 heavy (non-hydrogen) atoms. The van der Waals surface area contributed by atoms with Crippen molar-refractivity contribution in [2.45, 2.75) is 13.3 Å². The molecule has 4 rings (SSSR count). The van der Waals surface area contributed by atoms with Crippen LogP contribution in [0.5, 0.6) is 0 Å². The maximum absolute atomic E-state index is 11.6. The minimum atomic E-state index is -0.177. The van der Waals surface area contributed by atoms with Gasteiger partial charge in [0.25, 0.3) is 0 Å². The second kappa shape index (κ2) is 5.00. The van der Waals surface area contributed by atoms with Crippen molar-refractivity contribution in [3.05, 3.63) is 56.7 Å². The van der Waals surface area contributed by atoms with Crippen LogP contribution in [0.15, 0.2) is 40.5 Å². The number of nitrogens with one attached hydrogen (secondary N) is 2. The summed E-state index contributed by atoms with van der Waals surface area (Å²) in [4.78, 5) is 19.2. The lowest BCUT2D eigenvalue weighted by Gasteiger charge is -2.04. The Morgan fingerprint density at radius 1 is 1.14 bits per heavy atom. The molecule has 0 atom stereocenters. The van der Waals surface area contributed by atoms with Crippen molar-refractivity contribution in [1.29, 1.82) is 0 Å². The van der Waals surface area contributed by atoms with Gasteiger partial charge in [0.05, 0.1) is 21.1 Å². The van der Waals surface area contributed by atoms with Crippen LogP contribution in [0, 0.1) is 0 Å². The SMILES string of the molecule is CCc1c(-c2cccs2)[nH]c2ccc3[nH]c(=O)cc(Cl)c3c12. The minimum Gasteiger partial charge on any atom is -0.354 e. The molecule has 0 spiro atoms. The normalized spacial score (nSPS) is 11.5. The van der Waals surface area contributed by atoms with Crippen molar-refractivity contribution in [2.24, 2.45) is 0 Å². The number of fused-ring (bicyclic) bond motifs is 3. The molecule has 0 amide bonds. The zero-order valence-electron chi connectivity index (χ0n) is 11.9. The lowest BCUT2D eigenvalue weighted by molar-refractivity contribution is 1.16. The Morgan fingerprint density at radius 2 is 1.91 bits per heavy atom. The third kappa shape index (κ3) is 1.91. The summed E-state index contributed by atoms with van der Waals surface area (Å²) in [5, 5.41) is 4.58. The summed E-state index contributed by atoms with van der Waals surface area (Å²) in [6, 6.07) is 9.51. The van der Waals surface area contributed by atoms with Crippen LogP contribution in [0.25, 0.3) is 32.4 Å². The van der Waals surface area contributed by atoms with Gasteiger partial charge >= 0.3 is 0 Å². The molecule has 0 fully saturated rings. The highest BCUT2D eigenvalue weighted by atomic mass is 35.5. The molecular weight excluding hydrogens is 316 g/mol.